The van der Waals surface area contributed by atoms with Crippen molar-refractivity contribution in [2.24, 2.45) is 15.9 Å². The molecule has 1 unspecified atom stereocenters. The lowest BCUT2D eigenvalue weighted by Gasteiger charge is -2.34. The Bertz CT molecular complexity index is 655. The molecule has 0 saturated heterocycles. The maximum atomic E-state index is 12.3. The molecule has 0 saturated carbocycles. The highest BCUT2D eigenvalue weighted by atomic mass is 32.2. The van der Waals surface area contributed by atoms with Crippen LogP contribution in [-0.4, -0.2) is 14.1 Å². The number of sulfonamides is 1. The van der Waals surface area contributed by atoms with Gasteiger partial charge in [-0.05, 0) is 44.2 Å². The van der Waals surface area contributed by atoms with Crippen molar-refractivity contribution >= 4 is 15.7 Å². The Morgan fingerprint density at radius 3 is 2.09 bits per heavy atom. The smallest absolute Gasteiger partial charge is 0.200 e. The van der Waals surface area contributed by atoms with E-state index >= 15 is 0 Å². The third-order valence-corrected chi connectivity index (χ3v) is 5.46. The van der Waals surface area contributed by atoms with Crippen molar-refractivity contribution in [3.05, 3.63) is 29.8 Å². The van der Waals surface area contributed by atoms with Gasteiger partial charge in [0.1, 0.15) is 0 Å². The van der Waals surface area contributed by atoms with Gasteiger partial charge in [-0.15, -0.1) is 0 Å². The summed E-state index contributed by atoms with van der Waals surface area (Å²) < 4.78 is 24.7. The van der Waals surface area contributed by atoms with E-state index in [-0.39, 0.29) is 15.7 Å². The summed E-state index contributed by atoms with van der Waals surface area (Å²) in [5, 5.41) is 4.20. The molecule has 0 aliphatic heterocycles. The fraction of sp³-hybridized carbons (Fsp3) is 0.611. The van der Waals surface area contributed by atoms with E-state index in [0.717, 1.165) is 24.1 Å². The van der Waals surface area contributed by atoms with Gasteiger partial charge in [0.25, 0.3) is 10.0 Å². The number of nitrogens with zero attached hydrogens (tertiary/aromatic N) is 1. The van der Waals surface area contributed by atoms with Crippen molar-refractivity contribution in [1.29, 1.82) is 0 Å². The average molecular weight is 339 g/mol. The number of hydrazone groups is 1. The van der Waals surface area contributed by atoms with Gasteiger partial charge in [-0.2, -0.15) is 13.5 Å². The third-order valence-electron chi connectivity index (χ3n) is 4.24. The summed E-state index contributed by atoms with van der Waals surface area (Å²) in [4.78, 5) is 2.61. The van der Waals surface area contributed by atoms with Gasteiger partial charge in [-0.1, -0.05) is 52.3 Å². The topological polar surface area (TPSA) is 58.5 Å². The molecule has 130 valence electrons. The molecule has 1 aromatic rings. The van der Waals surface area contributed by atoms with Crippen molar-refractivity contribution in [1.82, 2.24) is 4.83 Å². The lowest BCUT2D eigenvalue weighted by Crippen LogP contribution is -2.32. The first-order valence-electron chi connectivity index (χ1n) is 8.03. The second-order valence-electron chi connectivity index (χ2n) is 7.76. The number of hydrogen-bond acceptors (Lipinski definition) is 3. The maximum absolute atomic E-state index is 12.3. The van der Waals surface area contributed by atoms with E-state index in [9.17, 15) is 8.42 Å². The van der Waals surface area contributed by atoms with Crippen LogP contribution >= 0.6 is 0 Å². The molecule has 1 aromatic carbocycles. The Kier molecular flexibility index (Phi) is 6.02. The minimum Gasteiger partial charge on any atom is -0.200 e. The highest BCUT2D eigenvalue weighted by Crippen LogP contribution is 2.37. The summed E-state index contributed by atoms with van der Waals surface area (Å²) in [7, 11) is -3.62. The molecule has 0 amide bonds. The number of aryl methyl sites for hydroxylation is 1. The first-order chi connectivity index (χ1) is 10.4. The number of nitrogens with one attached hydrogen (secondary N) is 1. The molecule has 1 atom stereocenters. The van der Waals surface area contributed by atoms with E-state index in [1.807, 2.05) is 13.8 Å². The largest absolute Gasteiger partial charge is 0.276 e. The molecule has 5 heteroatoms. The molecule has 1 N–H and O–H groups in total. The van der Waals surface area contributed by atoms with Crippen molar-refractivity contribution < 1.29 is 8.42 Å². The highest BCUT2D eigenvalue weighted by molar-refractivity contribution is 7.89. The fourth-order valence-corrected chi connectivity index (χ4v) is 3.57. The van der Waals surface area contributed by atoms with Crippen molar-refractivity contribution in [2.75, 3.05) is 0 Å². The molecular formula is C18H30N2O2S. The van der Waals surface area contributed by atoms with E-state index in [0.29, 0.717) is 0 Å². The minimum absolute atomic E-state index is 0.131. The molecule has 0 aromatic heterocycles. The maximum Gasteiger partial charge on any atom is 0.276 e. The standard InChI is InChI=1S/C18H30N2O2S/c1-8-18(7,13-17(4,5)6)15(3)19-20-23(21,22)16-11-9-14(2)10-12-16/h9-12,20H,8,13H2,1-7H3/b19-15-. The van der Waals surface area contributed by atoms with Crippen LogP contribution in [0.4, 0.5) is 0 Å². The van der Waals surface area contributed by atoms with Gasteiger partial charge in [0, 0.05) is 11.1 Å². The number of benzene rings is 1. The second kappa shape index (κ2) is 7.04. The van der Waals surface area contributed by atoms with Crippen LogP contribution in [0.1, 0.15) is 59.9 Å². The summed E-state index contributed by atoms with van der Waals surface area (Å²) in [6.45, 7) is 14.6. The van der Waals surface area contributed by atoms with E-state index < -0.39 is 10.0 Å². The monoisotopic (exact) mass is 338 g/mol. The molecule has 23 heavy (non-hydrogen) atoms. The summed E-state index contributed by atoms with van der Waals surface area (Å²) in [5.41, 5.74) is 1.85. The molecule has 0 fully saturated rings. The van der Waals surface area contributed by atoms with Crippen LogP contribution in [0.15, 0.2) is 34.3 Å². The van der Waals surface area contributed by atoms with Gasteiger partial charge < -0.3 is 0 Å². The molecular weight excluding hydrogens is 308 g/mol. The lowest BCUT2D eigenvalue weighted by atomic mass is 9.71. The summed E-state index contributed by atoms with van der Waals surface area (Å²) in [6, 6.07) is 6.75. The van der Waals surface area contributed by atoms with Crippen LogP contribution in [0.2, 0.25) is 0 Å². The summed E-state index contributed by atoms with van der Waals surface area (Å²) in [5.74, 6) is 0. The Balaban J connectivity index is 2.99. The Morgan fingerprint density at radius 2 is 1.65 bits per heavy atom. The van der Waals surface area contributed by atoms with Crippen LogP contribution in [0.25, 0.3) is 0 Å². The van der Waals surface area contributed by atoms with Crippen LogP contribution in [-0.2, 0) is 10.0 Å². The van der Waals surface area contributed by atoms with Crippen LogP contribution < -0.4 is 4.83 Å². The number of hydrogen-bond donors (Lipinski definition) is 1. The zero-order valence-corrected chi connectivity index (χ0v) is 16.2. The normalized spacial score (nSPS) is 16.0. The average Bonchev–Trinajstić information content (AvgIpc) is 2.43. The Labute approximate surface area is 141 Å². The van der Waals surface area contributed by atoms with Crippen molar-refractivity contribution in [2.45, 2.75) is 66.2 Å². The van der Waals surface area contributed by atoms with Crippen LogP contribution in [0.3, 0.4) is 0 Å². The molecule has 0 heterocycles. The van der Waals surface area contributed by atoms with Crippen molar-refractivity contribution in [3.63, 3.8) is 0 Å². The highest BCUT2D eigenvalue weighted by Gasteiger charge is 2.31. The number of rotatable bonds is 6. The van der Waals surface area contributed by atoms with Gasteiger partial charge in [0.05, 0.1) is 4.90 Å². The SMILES string of the molecule is CCC(C)(CC(C)(C)C)/C(C)=N\NS(=O)(=O)c1ccc(C)cc1. The van der Waals surface area contributed by atoms with Gasteiger partial charge in [-0.25, -0.2) is 4.83 Å². The Morgan fingerprint density at radius 1 is 1.13 bits per heavy atom. The molecule has 4 nitrogen and oxygen atoms in total. The predicted octanol–water partition coefficient (Wildman–Crippen LogP) is 4.50. The molecule has 1 rings (SSSR count). The zero-order chi connectivity index (χ0) is 17.9. The van der Waals surface area contributed by atoms with Crippen LogP contribution in [0.5, 0.6) is 0 Å². The molecule has 0 aliphatic rings. The quantitative estimate of drug-likeness (QED) is 0.613. The molecule has 0 spiro atoms. The van der Waals surface area contributed by atoms with Gasteiger partial charge in [0.2, 0.25) is 0 Å². The molecule has 0 aliphatic carbocycles. The fourth-order valence-electron chi connectivity index (χ4n) is 2.71. The predicted molar refractivity (Wildman–Crippen MR) is 97.1 cm³/mol. The lowest BCUT2D eigenvalue weighted by molar-refractivity contribution is 0.254. The second-order valence-corrected chi connectivity index (χ2v) is 9.42. The summed E-state index contributed by atoms with van der Waals surface area (Å²) >= 11 is 0. The molecule has 0 radical (unpaired) electrons. The molecule has 0 bridgehead atoms. The van der Waals surface area contributed by atoms with E-state index in [1.165, 1.54) is 0 Å². The van der Waals surface area contributed by atoms with E-state index in [4.69, 9.17) is 0 Å². The van der Waals surface area contributed by atoms with Crippen molar-refractivity contribution in [3.8, 4) is 0 Å². The minimum atomic E-state index is -3.62. The first kappa shape index (κ1) is 19.7. The van der Waals surface area contributed by atoms with E-state index in [1.54, 1.807) is 24.3 Å². The van der Waals surface area contributed by atoms with E-state index in [2.05, 4.69) is 44.6 Å². The summed E-state index contributed by atoms with van der Waals surface area (Å²) in [6.07, 6.45) is 1.85. The van der Waals surface area contributed by atoms with Gasteiger partial charge >= 0.3 is 0 Å². The third kappa shape index (κ3) is 5.65. The van der Waals surface area contributed by atoms with Crippen LogP contribution in [0, 0.1) is 17.8 Å². The zero-order valence-electron chi connectivity index (χ0n) is 15.4. The first-order valence-corrected chi connectivity index (χ1v) is 9.51. The Hall–Kier alpha value is -1.36. The van der Waals surface area contributed by atoms with Gasteiger partial charge in [-0.3, -0.25) is 0 Å². The van der Waals surface area contributed by atoms with Gasteiger partial charge in [0.15, 0.2) is 0 Å².